The Balaban J connectivity index is 2.32. The Bertz CT molecular complexity index is 821. The fraction of sp³-hybridized carbons (Fsp3) is 0.250. The van der Waals surface area contributed by atoms with Gasteiger partial charge in [0.2, 0.25) is 0 Å². The van der Waals surface area contributed by atoms with Crippen molar-refractivity contribution in [1.82, 2.24) is 4.90 Å². The molecule has 1 N–H and O–H groups in total. The SMILES string of the molecule is CC/C(=C1\c2ccc(C(=O)O)cc2COc2ccccc21)N(C)C. The Morgan fingerprint density at radius 2 is 1.92 bits per heavy atom. The molecule has 0 unspecified atom stereocenters. The molecule has 0 aromatic heterocycles. The molecule has 2 aromatic carbocycles. The average molecular weight is 323 g/mol. The summed E-state index contributed by atoms with van der Waals surface area (Å²) < 4.78 is 5.97. The van der Waals surface area contributed by atoms with Gasteiger partial charge in [-0.05, 0) is 35.7 Å². The molecular weight excluding hydrogens is 302 g/mol. The standard InChI is InChI=1S/C20H21NO3/c1-4-17(21(2)3)19-15-10-9-13(20(22)23)11-14(15)12-24-18-8-6-5-7-16(18)19/h5-11H,4,12H2,1-3H3,(H,22,23)/b19-17-. The number of carbonyl (C=O) groups is 1. The maximum Gasteiger partial charge on any atom is 0.335 e. The molecule has 0 radical (unpaired) electrons. The Hall–Kier alpha value is -2.75. The number of carboxylic acids is 1. The minimum absolute atomic E-state index is 0.283. The van der Waals surface area contributed by atoms with Crippen molar-refractivity contribution in [1.29, 1.82) is 0 Å². The zero-order valence-corrected chi connectivity index (χ0v) is 14.2. The fourth-order valence-electron chi connectivity index (χ4n) is 3.22. The molecule has 0 spiro atoms. The number of nitrogens with zero attached hydrogens (tertiary/aromatic N) is 1. The summed E-state index contributed by atoms with van der Waals surface area (Å²) in [7, 11) is 4.07. The zero-order valence-electron chi connectivity index (χ0n) is 14.2. The number of para-hydroxylation sites is 1. The molecule has 1 aliphatic rings. The van der Waals surface area contributed by atoms with Crippen LogP contribution in [0.5, 0.6) is 5.75 Å². The molecule has 1 aliphatic heterocycles. The second-order valence-electron chi connectivity index (χ2n) is 6.03. The Morgan fingerprint density at radius 1 is 1.17 bits per heavy atom. The van der Waals surface area contributed by atoms with Gasteiger partial charge in [-0.15, -0.1) is 0 Å². The number of carboxylic acid groups (broad SMARTS) is 1. The van der Waals surface area contributed by atoms with E-state index in [2.05, 4.69) is 17.9 Å². The van der Waals surface area contributed by atoms with E-state index in [1.165, 1.54) is 5.70 Å². The summed E-state index contributed by atoms with van der Waals surface area (Å²) in [5.74, 6) is -0.0956. The van der Waals surface area contributed by atoms with Crippen molar-refractivity contribution in [2.75, 3.05) is 14.1 Å². The summed E-state index contributed by atoms with van der Waals surface area (Å²) in [6, 6.07) is 13.3. The van der Waals surface area contributed by atoms with Gasteiger partial charge in [-0.3, -0.25) is 0 Å². The monoisotopic (exact) mass is 323 g/mol. The van der Waals surface area contributed by atoms with Gasteiger partial charge >= 0.3 is 5.97 Å². The van der Waals surface area contributed by atoms with Crippen LogP contribution in [0.25, 0.3) is 5.57 Å². The van der Waals surface area contributed by atoms with Gasteiger partial charge in [0.1, 0.15) is 12.4 Å². The summed E-state index contributed by atoms with van der Waals surface area (Å²) in [6.07, 6.45) is 0.872. The van der Waals surface area contributed by atoms with Crippen LogP contribution in [0, 0.1) is 0 Å². The third kappa shape index (κ3) is 2.75. The first kappa shape index (κ1) is 16.1. The molecule has 0 fully saturated rings. The van der Waals surface area contributed by atoms with Gasteiger partial charge in [0, 0.05) is 30.9 Å². The van der Waals surface area contributed by atoms with Crippen molar-refractivity contribution in [3.05, 3.63) is 70.4 Å². The highest BCUT2D eigenvalue weighted by atomic mass is 16.5. The first-order valence-electron chi connectivity index (χ1n) is 8.02. The molecule has 0 saturated carbocycles. The van der Waals surface area contributed by atoms with E-state index in [1.54, 1.807) is 12.1 Å². The van der Waals surface area contributed by atoms with Crippen molar-refractivity contribution in [2.45, 2.75) is 20.0 Å². The number of benzene rings is 2. The number of hydrogen-bond acceptors (Lipinski definition) is 3. The molecule has 3 rings (SSSR count). The normalized spacial score (nSPS) is 14.8. The van der Waals surface area contributed by atoms with Crippen LogP contribution in [-0.4, -0.2) is 30.1 Å². The molecule has 124 valence electrons. The van der Waals surface area contributed by atoms with Crippen LogP contribution in [-0.2, 0) is 6.61 Å². The molecule has 1 heterocycles. The topological polar surface area (TPSA) is 49.8 Å². The second-order valence-corrected chi connectivity index (χ2v) is 6.03. The van der Waals surface area contributed by atoms with Gasteiger partial charge in [-0.2, -0.15) is 0 Å². The van der Waals surface area contributed by atoms with Gasteiger partial charge in [0.15, 0.2) is 0 Å². The molecule has 0 amide bonds. The first-order chi connectivity index (χ1) is 11.5. The van der Waals surface area contributed by atoms with Crippen molar-refractivity contribution < 1.29 is 14.6 Å². The number of aromatic carboxylic acids is 1. The van der Waals surface area contributed by atoms with Crippen molar-refractivity contribution >= 4 is 11.5 Å². The lowest BCUT2D eigenvalue weighted by molar-refractivity contribution is 0.0696. The highest BCUT2D eigenvalue weighted by Gasteiger charge is 2.23. The van der Waals surface area contributed by atoms with E-state index in [1.807, 2.05) is 38.4 Å². The van der Waals surface area contributed by atoms with Gasteiger partial charge in [-0.25, -0.2) is 4.79 Å². The molecule has 2 aromatic rings. The Labute approximate surface area is 142 Å². The van der Waals surface area contributed by atoms with Gasteiger partial charge in [-0.1, -0.05) is 31.2 Å². The maximum absolute atomic E-state index is 11.3. The summed E-state index contributed by atoms with van der Waals surface area (Å²) in [6.45, 7) is 2.49. The molecule has 0 bridgehead atoms. The summed E-state index contributed by atoms with van der Waals surface area (Å²) in [4.78, 5) is 13.4. The van der Waals surface area contributed by atoms with Crippen LogP contribution >= 0.6 is 0 Å². The second kappa shape index (κ2) is 6.40. The van der Waals surface area contributed by atoms with E-state index in [4.69, 9.17) is 4.74 Å². The molecule has 0 aliphatic carbocycles. The predicted octanol–water partition coefficient (Wildman–Crippen LogP) is 4.01. The lowest BCUT2D eigenvalue weighted by atomic mass is 9.90. The quantitative estimate of drug-likeness (QED) is 0.927. The molecule has 4 heteroatoms. The van der Waals surface area contributed by atoms with E-state index in [9.17, 15) is 9.90 Å². The third-order valence-electron chi connectivity index (χ3n) is 4.32. The van der Waals surface area contributed by atoms with Crippen molar-refractivity contribution in [2.24, 2.45) is 0 Å². The van der Waals surface area contributed by atoms with Crippen LogP contribution < -0.4 is 4.74 Å². The van der Waals surface area contributed by atoms with Gasteiger partial charge in [0.05, 0.1) is 5.56 Å². The van der Waals surface area contributed by atoms with Crippen molar-refractivity contribution in [3.8, 4) is 5.75 Å². The van der Waals surface area contributed by atoms with Gasteiger partial charge in [0.25, 0.3) is 0 Å². The van der Waals surface area contributed by atoms with E-state index in [0.717, 1.165) is 34.4 Å². The third-order valence-corrected chi connectivity index (χ3v) is 4.32. The molecule has 0 saturated heterocycles. The van der Waals surface area contributed by atoms with Crippen LogP contribution in [0.2, 0.25) is 0 Å². The average Bonchev–Trinajstić information content (AvgIpc) is 2.72. The van der Waals surface area contributed by atoms with Crippen LogP contribution in [0.4, 0.5) is 0 Å². The highest BCUT2D eigenvalue weighted by molar-refractivity contribution is 5.91. The lowest BCUT2D eigenvalue weighted by Gasteiger charge is -2.22. The highest BCUT2D eigenvalue weighted by Crippen LogP contribution is 2.39. The van der Waals surface area contributed by atoms with Crippen LogP contribution in [0.15, 0.2) is 48.2 Å². The summed E-state index contributed by atoms with van der Waals surface area (Å²) in [5.41, 5.74) is 5.57. The largest absolute Gasteiger partial charge is 0.488 e. The van der Waals surface area contributed by atoms with E-state index in [-0.39, 0.29) is 5.56 Å². The fourth-order valence-corrected chi connectivity index (χ4v) is 3.22. The lowest BCUT2D eigenvalue weighted by Crippen LogP contribution is -2.13. The minimum Gasteiger partial charge on any atom is -0.488 e. The summed E-state index contributed by atoms with van der Waals surface area (Å²) >= 11 is 0. The molecular formula is C20H21NO3. The van der Waals surface area contributed by atoms with Crippen LogP contribution in [0.3, 0.4) is 0 Å². The van der Waals surface area contributed by atoms with E-state index < -0.39 is 5.97 Å². The molecule has 4 nitrogen and oxygen atoms in total. The predicted molar refractivity (Wildman–Crippen MR) is 94.2 cm³/mol. The first-order valence-corrected chi connectivity index (χ1v) is 8.02. The zero-order chi connectivity index (χ0) is 17.3. The van der Waals surface area contributed by atoms with Crippen molar-refractivity contribution in [3.63, 3.8) is 0 Å². The molecule has 24 heavy (non-hydrogen) atoms. The van der Waals surface area contributed by atoms with E-state index in [0.29, 0.717) is 6.61 Å². The summed E-state index contributed by atoms with van der Waals surface area (Å²) in [5, 5.41) is 9.28. The maximum atomic E-state index is 11.3. The molecule has 0 atom stereocenters. The number of hydrogen-bond donors (Lipinski definition) is 1. The van der Waals surface area contributed by atoms with E-state index >= 15 is 0 Å². The smallest absolute Gasteiger partial charge is 0.335 e. The number of fused-ring (bicyclic) bond motifs is 2. The minimum atomic E-state index is -0.923. The van der Waals surface area contributed by atoms with Crippen LogP contribution in [0.1, 0.15) is 40.4 Å². The number of rotatable bonds is 3. The number of ether oxygens (including phenoxy) is 1. The Kier molecular flexibility index (Phi) is 4.30. The van der Waals surface area contributed by atoms with Gasteiger partial charge < -0.3 is 14.7 Å². The Morgan fingerprint density at radius 3 is 2.58 bits per heavy atom. The number of allylic oxidation sites excluding steroid dienone is 1.